The third kappa shape index (κ3) is 2.79. The van der Waals surface area contributed by atoms with Gasteiger partial charge in [-0.1, -0.05) is 18.2 Å². The van der Waals surface area contributed by atoms with Crippen LogP contribution in [0.4, 0.5) is 10.1 Å². The molecule has 1 nitrogen and oxygen atoms in total. The molecule has 98 valence electrons. The SMILES string of the molecule is Fc1ccc(NCC2CSc3ccccc32)c(Br)c1. The molecule has 3 rings (SSSR count). The van der Waals surface area contributed by atoms with E-state index in [-0.39, 0.29) is 5.82 Å². The van der Waals surface area contributed by atoms with E-state index in [1.54, 1.807) is 6.07 Å². The summed E-state index contributed by atoms with van der Waals surface area (Å²) in [5, 5.41) is 3.40. The van der Waals surface area contributed by atoms with E-state index in [1.807, 2.05) is 11.8 Å². The summed E-state index contributed by atoms with van der Waals surface area (Å²) in [7, 11) is 0. The third-order valence-electron chi connectivity index (χ3n) is 3.27. The molecule has 0 fully saturated rings. The molecule has 2 aromatic carbocycles. The van der Waals surface area contributed by atoms with Gasteiger partial charge in [0.25, 0.3) is 0 Å². The van der Waals surface area contributed by atoms with Crippen LogP contribution in [0, 0.1) is 5.82 Å². The Balaban J connectivity index is 1.71. The van der Waals surface area contributed by atoms with Crippen LogP contribution in [-0.4, -0.2) is 12.3 Å². The Hall–Kier alpha value is -1.00. The smallest absolute Gasteiger partial charge is 0.124 e. The van der Waals surface area contributed by atoms with Crippen LogP contribution in [0.25, 0.3) is 0 Å². The zero-order valence-electron chi connectivity index (χ0n) is 10.2. The summed E-state index contributed by atoms with van der Waals surface area (Å²) < 4.78 is 13.8. The van der Waals surface area contributed by atoms with Crippen LogP contribution in [0.5, 0.6) is 0 Å². The van der Waals surface area contributed by atoms with Crippen LogP contribution in [0.3, 0.4) is 0 Å². The molecule has 0 bridgehead atoms. The lowest BCUT2D eigenvalue weighted by Gasteiger charge is -2.14. The minimum absolute atomic E-state index is 0.223. The molecule has 0 saturated heterocycles. The van der Waals surface area contributed by atoms with E-state index in [2.05, 4.69) is 45.5 Å². The van der Waals surface area contributed by atoms with Crippen LogP contribution < -0.4 is 5.32 Å². The minimum Gasteiger partial charge on any atom is -0.383 e. The first-order chi connectivity index (χ1) is 9.24. The van der Waals surface area contributed by atoms with Gasteiger partial charge in [0.05, 0.1) is 0 Å². The molecular weight excluding hydrogens is 325 g/mol. The van der Waals surface area contributed by atoms with Gasteiger partial charge in [0.15, 0.2) is 0 Å². The van der Waals surface area contributed by atoms with E-state index in [4.69, 9.17) is 0 Å². The third-order valence-corrected chi connectivity index (χ3v) is 5.18. The van der Waals surface area contributed by atoms with Crippen LogP contribution in [0.15, 0.2) is 51.8 Å². The molecule has 1 heterocycles. The highest BCUT2D eigenvalue weighted by molar-refractivity contribution is 9.10. The van der Waals surface area contributed by atoms with Crippen molar-refractivity contribution in [3.63, 3.8) is 0 Å². The summed E-state index contributed by atoms with van der Waals surface area (Å²) in [5.41, 5.74) is 2.36. The van der Waals surface area contributed by atoms with Crippen molar-refractivity contribution in [1.82, 2.24) is 0 Å². The Morgan fingerprint density at radius 2 is 2.11 bits per heavy atom. The number of hydrogen-bond donors (Lipinski definition) is 1. The molecule has 0 spiro atoms. The van der Waals surface area contributed by atoms with Crippen molar-refractivity contribution in [2.24, 2.45) is 0 Å². The monoisotopic (exact) mass is 337 g/mol. The molecule has 1 unspecified atom stereocenters. The van der Waals surface area contributed by atoms with Crippen LogP contribution in [0.1, 0.15) is 11.5 Å². The van der Waals surface area contributed by atoms with Crippen molar-refractivity contribution in [3.05, 3.63) is 58.3 Å². The maximum Gasteiger partial charge on any atom is 0.124 e. The van der Waals surface area contributed by atoms with Crippen LogP contribution in [-0.2, 0) is 0 Å². The molecular formula is C15H13BrFNS. The second kappa shape index (κ2) is 5.55. The van der Waals surface area contributed by atoms with Gasteiger partial charge in [-0.25, -0.2) is 4.39 Å². The lowest BCUT2D eigenvalue weighted by molar-refractivity contribution is 0.627. The van der Waals surface area contributed by atoms with E-state index in [0.717, 1.165) is 22.5 Å². The molecule has 2 aromatic rings. The minimum atomic E-state index is -0.223. The van der Waals surface area contributed by atoms with E-state index >= 15 is 0 Å². The normalized spacial score (nSPS) is 17.3. The quantitative estimate of drug-likeness (QED) is 0.855. The predicted octanol–water partition coefficient (Wildman–Crippen LogP) is 4.89. The van der Waals surface area contributed by atoms with E-state index in [9.17, 15) is 4.39 Å². The average molecular weight is 338 g/mol. The van der Waals surface area contributed by atoms with Gasteiger partial charge in [-0.15, -0.1) is 11.8 Å². The summed E-state index contributed by atoms with van der Waals surface area (Å²) in [6, 6.07) is 13.3. The molecule has 1 atom stereocenters. The number of thioether (sulfide) groups is 1. The predicted molar refractivity (Wildman–Crippen MR) is 82.5 cm³/mol. The standard InChI is InChI=1S/C15H13BrFNS/c16-13-7-11(17)5-6-14(13)18-8-10-9-19-15-4-2-1-3-12(10)15/h1-7,10,18H,8-9H2. The fourth-order valence-electron chi connectivity index (χ4n) is 2.26. The number of benzene rings is 2. The van der Waals surface area contributed by atoms with Gasteiger partial charge in [0, 0.05) is 33.3 Å². The first-order valence-corrected chi connectivity index (χ1v) is 7.92. The van der Waals surface area contributed by atoms with Crippen LogP contribution in [0.2, 0.25) is 0 Å². The number of fused-ring (bicyclic) bond motifs is 1. The van der Waals surface area contributed by atoms with Crippen molar-refractivity contribution in [1.29, 1.82) is 0 Å². The summed E-state index contributed by atoms with van der Waals surface area (Å²) in [4.78, 5) is 1.38. The van der Waals surface area contributed by atoms with Gasteiger partial charge < -0.3 is 5.32 Å². The van der Waals surface area contributed by atoms with Gasteiger partial charge in [-0.05, 0) is 45.8 Å². The van der Waals surface area contributed by atoms with Crippen molar-refractivity contribution in [2.75, 3.05) is 17.6 Å². The summed E-state index contributed by atoms with van der Waals surface area (Å²) in [6.07, 6.45) is 0. The molecule has 0 aliphatic carbocycles. The Kier molecular flexibility index (Phi) is 3.80. The topological polar surface area (TPSA) is 12.0 Å². The van der Waals surface area contributed by atoms with Gasteiger partial charge in [0.2, 0.25) is 0 Å². The highest BCUT2D eigenvalue weighted by Gasteiger charge is 2.22. The maximum atomic E-state index is 13.0. The van der Waals surface area contributed by atoms with Crippen molar-refractivity contribution < 1.29 is 4.39 Å². The largest absolute Gasteiger partial charge is 0.383 e. The highest BCUT2D eigenvalue weighted by atomic mass is 79.9. The van der Waals surface area contributed by atoms with Crippen LogP contribution >= 0.6 is 27.7 Å². The van der Waals surface area contributed by atoms with Gasteiger partial charge in [0.1, 0.15) is 5.82 Å². The molecule has 0 amide bonds. The summed E-state index contributed by atoms with van der Waals surface area (Å²) >= 11 is 5.29. The van der Waals surface area contributed by atoms with Crippen molar-refractivity contribution >= 4 is 33.4 Å². The van der Waals surface area contributed by atoms with Crippen molar-refractivity contribution in [2.45, 2.75) is 10.8 Å². The molecule has 0 radical (unpaired) electrons. The molecule has 19 heavy (non-hydrogen) atoms. The molecule has 4 heteroatoms. The highest BCUT2D eigenvalue weighted by Crippen LogP contribution is 2.39. The summed E-state index contributed by atoms with van der Waals surface area (Å²) in [6.45, 7) is 0.869. The molecule has 1 aliphatic heterocycles. The summed E-state index contributed by atoms with van der Waals surface area (Å²) in [5.74, 6) is 1.39. The zero-order valence-corrected chi connectivity index (χ0v) is 12.6. The number of rotatable bonds is 3. The number of nitrogens with one attached hydrogen (secondary N) is 1. The first-order valence-electron chi connectivity index (χ1n) is 6.14. The van der Waals surface area contributed by atoms with E-state index in [0.29, 0.717) is 5.92 Å². The van der Waals surface area contributed by atoms with E-state index in [1.165, 1.54) is 22.6 Å². The molecule has 1 N–H and O–H groups in total. The second-order valence-corrected chi connectivity index (χ2v) is 6.47. The zero-order chi connectivity index (χ0) is 13.2. The van der Waals surface area contributed by atoms with Gasteiger partial charge in [-0.2, -0.15) is 0 Å². The van der Waals surface area contributed by atoms with Gasteiger partial charge >= 0.3 is 0 Å². The molecule has 1 aliphatic rings. The number of hydrogen-bond acceptors (Lipinski definition) is 2. The Morgan fingerprint density at radius 1 is 1.26 bits per heavy atom. The number of halogens is 2. The Morgan fingerprint density at radius 3 is 2.95 bits per heavy atom. The first kappa shape index (κ1) is 13.0. The fraction of sp³-hybridized carbons (Fsp3) is 0.200. The fourth-order valence-corrected chi connectivity index (χ4v) is 4.01. The molecule has 0 aromatic heterocycles. The van der Waals surface area contributed by atoms with Crippen molar-refractivity contribution in [3.8, 4) is 0 Å². The van der Waals surface area contributed by atoms with Gasteiger partial charge in [-0.3, -0.25) is 0 Å². The lowest BCUT2D eigenvalue weighted by Crippen LogP contribution is -2.12. The lowest BCUT2D eigenvalue weighted by atomic mass is 10.0. The maximum absolute atomic E-state index is 13.0. The molecule has 0 saturated carbocycles. The van der Waals surface area contributed by atoms with E-state index < -0.39 is 0 Å². The Labute approximate surface area is 124 Å². The average Bonchev–Trinajstić information content (AvgIpc) is 2.81. The number of anilines is 1. The second-order valence-electron chi connectivity index (χ2n) is 4.55. The Bertz CT molecular complexity index is 602.